The standard InChI is InChI=1S/C12H15N5S/c1-8-14-4-9-6-17(3-2-11(9)16-8)7-10-5-15-12(13)18-10/h4-5H,2-3,6-7H2,1H3,(H2,13,15). The zero-order valence-electron chi connectivity index (χ0n) is 10.3. The second kappa shape index (κ2) is 4.62. The van der Waals surface area contributed by atoms with Gasteiger partial charge in [-0.15, -0.1) is 11.3 Å². The maximum absolute atomic E-state index is 5.65. The molecule has 3 rings (SSSR count). The highest BCUT2D eigenvalue weighted by Gasteiger charge is 2.18. The number of nitrogens with zero attached hydrogens (tertiary/aromatic N) is 4. The molecule has 0 spiro atoms. The minimum Gasteiger partial charge on any atom is -0.375 e. The van der Waals surface area contributed by atoms with Crippen LogP contribution in [0.2, 0.25) is 0 Å². The molecular weight excluding hydrogens is 246 g/mol. The van der Waals surface area contributed by atoms with Crippen LogP contribution < -0.4 is 5.73 Å². The van der Waals surface area contributed by atoms with E-state index in [9.17, 15) is 0 Å². The zero-order chi connectivity index (χ0) is 12.5. The molecule has 0 fully saturated rings. The first kappa shape index (κ1) is 11.6. The Labute approximate surface area is 110 Å². The van der Waals surface area contributed by atoms with Crippen LogP contribution in [0.1, 0.15) is 22.0 Å². The van der Waals surface area contributed by atoms with Crippen molar-refractivity contribution in [1.29, 1.82) is 0 Å². The second-order valence-electron chi connectivity index (χ2n) is 4.51. The fourth-order valence-corrected chi connectivity index (χ4v) is 2.95. The molecule has 18 heavy (non-hydrogen) atoms. The van der Waals surface area contributed by atoms with Crippen LogP contribution in [0.3, 0.4) is 0 Å². The minimum absolute atomic E-state index is 0.640. The summed E-state index contributed by atoms with van der Waals surface area (Å²) in [7, 11) is 0. The second-order valence-corrected chi connectivity index (χ2v) is 5.66. The van der Waals surface area contributed by atoms with Gasteiger partial charge in [-0.3, -0.25) is 4.90 Å². The maximum atomic E-state index is 5.65. The molecule has 2 N–H and O–H groups in total. The average molecular weight is 261 g/mol. The van der Waals surface area contributed by atoms with E-state index in [1.807, 2.05) is 19.3 Å². The number of aromatic nitrogens is 3. The number of nitrogen functional groups attached to an aromatic ring is 1. The van der Waals surface area contributed by atoms with Gasteiger partial charge in [0.1, 0.15) is 5.82 Å². The molecule has 1 aliphatic heterocycles. The Morgan fingerprint density at radius 1 is 1.39 bits per heavy atom. The van der Waals surface area contributed by atoms with Gasteiger partial charge in [0, 0.05) is 54.6 Å². The summed E-state index contributed by atoms with van der Waals surface area (Å²) in [5.41, 5.74) is 8.08. The van der Waals surface area contributed by atoms with Gasteiger partial charge >= 0.3 is 0 Å². The van der Waals surface area contributed by atoms with Gasteiger partial charge in [0.15, 0.2) is 5.13 Å². The van der Waals surface area contributed by atoms with Crippen molar-refractivity contribution in [3.05, 3.63) is 34.4 Å². The summed E-state index contributed by atoms with van der Waals surface area (Å²) in [5, 5.41) is 0.640. The predicted octanol–water partition coefficient (Wildman–Crippen LogP) is 1.38. The number of rotatable bonds is 2. The van der Waals surface area contributed by atoms with E-state index in [1.54, 1.807) is 11.3 Å². The van der Waals surface area contributed by atoms with E-state index < -0.39 is 0 Å². The van der Waals surface area contributed by atoms with Crippen molar-refractivity contribution >= 4 is 16.5 Å². The molecule has 1 aliphatic rings. The summed E-state index contributed by atoms with van der Waals surface area (Å²) in [6.07, 6.45) is 4.80. The lowest BCUT2D eigenvalue weighted by atomic mass is 10.1. The topological polar surface area (TPSA) is 67.9 Å². The number of anilines is 1. The number of hydrogen-bond acceptors (Lipinski definition) is 6. The largest absolute Gasteiger partial charge is 0.375 e. The van der Waals surface area contributed by atoms with Crippen molar-refractivity contribution in [1.82, 2.24) is 19.9 Å². The molecule has 2 aromatic heterocycles. The van der Waals surface area contributed by atoms with Gasteiger partial charge < -0.3 is 5.73 Å². The fraction of sp³-hybridized carbons (Fsp3) is 0.417. The summed E-state index contributed by atoms with van der Waals surface area (Å²) in [6.45, 7) is 4.78. The van der Waals surface area contributed by atoms with Crippen molar-refractivity contribution in [2.45, 2.75) is 26.4 Å². The molecule has 3 heterocycles. The molecule has 0 aromatic carbocycles. The number of fused-ring (bicyclic) bond motifs is 1. The normalized spacial score (nSPS) is 15.6. The van der Waals surface area contributed by atoms with Crippen molar-refractivity contribution < 1.29 is 0 Å². The highest BCUT2D eigenvalue weighted by Crippen LogP contribution is 2.21. The van der Waals surface area contributed by atoms with Gasteiger partial charge in [-0.05, 0) is 6.92 Å². The third-order valence-electron chi connectivity index (χ3n) is 3.08. The SMILES string of the molecule is Cc1ncc2c(n1)CCN(Cc1cnc(N)s1)C2. The number of aryl methyl sites for hydroxylation is 1. The molecule has 0 unspecified atom stereocenters. The van der Waals surface area contributed by atoms with Crippen LogP contribution in [0.15, 0.2) is 12.4 Å². The van der Waals surface area contributed by atoms with Gasteiger partial charge in [0.2, 0.25) is 0 Å². The monoisotopic (exact) mass is 261 g/mol. The van der Waals surface area contributed by atoms with Gasteiger partial charge in [0.25, 0.3) is 0 Å². The molecule has 94 valence electrons. The molecule has 0 radical (unpaired) electrons. The van der Waals surface area contributed by atoms with E-state index in [2.05, 4.69) is 19.9 Å². The lowest BCUT2D eigenvalue weighted by molar-refractivity contribution is 0.244. The van der Waals surface area contributed by atoms with Crippen LogP contribution in [-0.2, 0) is 19.5 Å². The van der Waals surface area contributed by atoms with Crippen molar-refractivity contribution in [3.8, 4) is 0 Å². The first-order valence-electron chi connectivity index (χ1n) is 5.94. The minimum atomic E-state index is 0.640. The van der Waals surface area contributed by atoms with Crippen molar-refractivity contribution in [2.24, 2.45) is 0 Å². The van der Waals surface area contributed by atoms with E-state index in [4.69, 9.17) is 5.73 Å². The molecule has 0 saturated heterocycles. The van der Waals surface area contributed by atoms with Crippen LogP contribution in [0.25, 0.3) is 0 Å². The van der Waals surface area contributed by atoms with E-state index in [1.165, 1.54) is 16.1 Å². The maximum Gasteiger partial charge on any atom is 0.180 e. The molecule has 0 atom stereocenters. The Kier molecular flexibility index (Phi) is 2.97. The highest BCUT2D eigenvalue weighted by atomic mass is 32.1. The molecule has 0 amide bonds. The Hall–Kier alpha value is -1.53. The van der Waals surface area contributed by atoms with Crippen LogP contribution in [0, 0.1) is 6.92 Å². The zero-order valence-corrected chi connectivity index (χ0v) is 11.1. The van der Waals surface area contributed by atoms with Crippen LogP contribution in [0.4, 0.5) is 5.13 Å². The third kappa shape index (κ3) is 2.34. The molecule has 0 saturated carbocycles. The van der Waals surface area contributed by atoms with Crippen LogP contribution >= 0.6 is 11.3 Å². The molecular formula is C12H15N5S. The summed E-state index contributed by atoms with van der Waals surface area (Å²) in [6, 6.07) is 0. The molecule has 0 bridgehead atoms. The summed E-state index contributed by atoms with van der Waals surface area (Å²) in [5.74, 6) is 0.859. The molecule has 2 aromatic rings. The quantitative estimate of drug-likeness (QED) is 0.884. The fourth-order valence-electron chi connectivity index (χ4n) is 2.23. The number of thiazole rings is 1. The lowest BCUT2D eigenvalue weighted by Gasteiger charge is -2.27. The van der Waals surface area contributed by atoms with Gasteiger partial charge in [-0.1, -0.05) is 0 Å². The van der Waals surface area contributed by atoms with Gasteiger partial charge in [-0.2, -0.15) is 0 Å². The highest BCUT2D eigenvalue weighted by molar-refractivity contribution is 7.15. The molecule has 0 aliphatic carbocycles. The van der Waals surface area contributed by atoms with E-state index in [0.29, 0.717) is 5.13 Å². The van der Waals surface area contributed by atoms with Crippen LogP contribution in [0.5, 0.6) is 0 Å². The summed E-state index contributed by atoms with van der Waals surface area (Å²) < 4.78 is 0. The summed E-state index contributed by atoms with van der Waals surface area (Å²) in [4.78, 5) is 16.4. The molecule has 5 nitrogen and oxygen atoms in total. The first-order valence-corrected chi connectivity index (χ1v) is 6.76. The lowest BCUT2D eigenvalue weighted by Crippen LogP contribution is -2.30. The Balaban J connectivity index is 1.73. The van der Waals surface area contributed by atoms with Gasteiger partial charge in [-0.25, -0.2) is 15.0 Å². The van der Waals surface area contributed by atoms with E-state index >= 15 is 0 Å². The summed E-state index contributed by atoms with van der Waals surface area (Å²) >= 11 is 1.56. The van der Waals surface area contributed by atoms with E-state index in [-0.39, 0.29) is 0 Å². The molecule has 6 heteroatoms. The Bertz CT molecular complexity index is 565. The van der Waals surface area contributed by atoms with Crippen molar-refractivity contribution in [2.75, 3.05) is 12.3 Å². The van der Waals surface area contributed by atoms with Gasteiger partial charge in [0.05, 0.1) is 0 Å². The predicted molar refractivity (Wildman–Crippen MR) is 71.1 cm³/mol. The van der Waals surface area contributed by atoms with Crippen LogP contribution in [-0.4, -0.2) is 26.4 Å². The average Bonchev–Trinajstić information content (AvgIpc) is 2.75. The smallest absolute Gasteiger partial charge is 0.180 e. The van der Waals surface area contributed by atoms with E-state index in [0.717, 1.165) is 31.9 Å². The first-order chi connectivity index (χ1) is 8.70. The number of hydrogen-bond donors (Lipinski definition) is 1. The van der Waals surface area contributed by atoms with Crippen molar-refractivity contribution in [3.63, 3.8) is 0 Å². The Morgan fingerprint density at radius 3 is 3.06 bits per heavy atom. The number of nitrogens with two attached hydrogens (primary N) is 1. The Morgan fingerprint density at radius 2 is 2.28 bits per heavy atom. The third-order valence-corrected chi connectivity index (χ3v) is 3.90.